The molecule has 0 amide bonds. The summed E-state index contributed by atoms with van der Waals surface area (Å²) in [6, 6.07) is 2.20. The fraction of sp³-hybridized carbons (Fsp3) is 0.923. The highest BCUT2D eigenvalue weighted by atomic mass is 14.9. The molecule has 1 saturated carbocycles. The second-order valence-corrected chi connectivity index (χ2v) is 6.05. The molecule has 0 aromatic heterocycles. The molecule has 0 aromatic rings. The van der Waals surface area contributed by atoms with Crippen molar-refractivity contribution < 1.29 is 0 Å². The third kappa shape index (κ3) is 3.21. The molecule has 0 aliphatic heterocycles. The summed E-state index contributed by atoms with van der Waals surface area (Å²) in [5.74, 6) is 0.620. The van der Waals surface area contributed by atoms with Gasteiger partial charge in [0, 0.05) is 13.0 Å². The van der Waals surface area contributed by atoms with E-state index < -0.39 is 0 Å². The van der Waals surface area contributed by atoms with Gasteiger partial charge < -0.3 is 5.32 Å². The molecular formula is C13H24N2. The Morgan fingerprint density at radius 1 is 1.40 bits per heavy atom. The second-order valence-electron chi connectivity index (χ2n) is 6.05. The SMILES string of the molecule is CC(CCC#N)CNCC1(C)CC1(C)C. The average molecular weight is 208 g/mol. The summed E-state index contributed by atoms with van der Waals surface area (Å²) in [7, 11) is 0. The fourth-order valence-electron chi connectivity index (χ4n) is 2.24. The maximum Gasteiger partial charge on any atom is 0.0621 e. The van der Waals surface area contributed by atoms with Crippen LogP contribution >= 0.6 is 0 Å². The minimum absolute atomic E-state index is 0.502. The summed E-state index contributed by atoms with van der Waals surface area (Å²) in [6.07, 6.45) is 3.04. The molecule has 2 heteroatoms. The van der Waals surface area contributed by atoms with Gasteiger partial charge in [0.15, 0.2) is 0 Å². The monoisotopic (exact) mass is 208 g/mol. The van der Waals surface area contributed by atoms with E-state index in [0.717, 1.165) is 19.5 Å². The average Bonchev–Trinajstić information content (AvgIpc) is 2.62. The van der Waals surface area contributed by atoms with Gasteiger partial charge in [-0.25, -0.2) is 0 Å². The highest BCUT2D eigenvalue weighted by Gasteiger charge is 2.56. The third-order valence-electron chi connectivity index (χ3n) is 4.10. The van der Waals surface area contributed by atoms with Crippen molar-refractivity contribution >= 4 is 0 Å². The third-order valence-corrected chi connectivity index (χ3v) is 4.10. The molecular weight excluding hydrogens is 184 g/mol. The van der Waals surface area contributed by atoms with Crippen LogP contribution in [-0.4, -0.2) is 13.1 Å². The Kier molecular flexibility index (Phi) is 3.78. The number of hydrogen-bond donors (Lipinski definition) is 1. The zero-order chi connectivity index (χ0) is 11.5. The molecule has 2 nitrogen and oxygen atoms in total. The lowest BCUT2D eigenvalue weighted by Crippen LogP contribution is -2.29. The number of nitriles is 1. The van der Waals surface area contributed by atoms with Gasteiger partial charge in [-0.2, -0.15) is 5.26 Å². The maximum atomic E-state index is 8.48. The quantitative estimate of drug-likeness (QED) is 0.728. The zero-order valence-corrected chi connectivity index (χ0v) is 10.6. The van der Waals surface area contributed by atoms with Gasteiger partial charge in [-0.3, -0.25) is 0 Å². The Morgan fingerprint density at radius 2 is 2.00 bits per heavy atom. The smallest absolute Gasteiger partial charge is 0.0621 e. The molecule has 2 unspecified atom stereocenters. The van der Waals surface area contributed by atoms with Crippen LogP contribution in [0.1, 0.15) is 47.0 Å². The van der Waals surface area contributed by atoms with Crippen LogP contribution < -0.4 is 5.32 Å². The molecule has 1 fully saturated rings. The molecule has 1 rings (SSSR count). The predicted molar refractivity (Wildman–Crippen MR) is 63.4 cm³/mol. The van der Waals surface area contributed by atoms with E-state index in [-0.39, 0.29) is 0 Å². The van der Waals surface area contributed by atoms with Gasteiger partial charge in [0.1, 0.15) is 0 Å². The normalized spacial score (nSPS) is 29.5. The Bertz CT molecular complexity index is 252. The molecule has 1 aliphatic carbocycles. The molecule has 86 valence electrons. The first-order valence-electron chi connectivity index (χ1n) is 5.99. The second kappa shape index (κ2) is 4.53. The first-order chi connectivity index (χ1) is 6.91. The first-order valence-corrected chi connectivity index (χ1v) is 5.99. The highest BCUT2D eigenvalue weighted by Crippen LogP contribution is 2.62. The number of nitrogens with zero attached hydrogens (tertiary/aromatic N) is 1. The van der Waals surface area contributed by atoms with E-state index >= 15 is 0 Å². The van der Waals surface area contributed by atoms with Crippen molar-refractivity contribution in [1.82, 2.24) is 5.32 Å². The van der Waals surface area contributed by atoms with Gasteiger partial charge in [0.05, 0.1) is 6.07 Å². The summed E-state index contributed by atoms with van der Waals surface area (Å²) in [5.41, 5.74) is 1.03. The molecule has 0 saturated heterocycles. The molecule has 0 spiro atoms. The van der Waals surface area contributed by atoms with Crippen molar-refractivity contribution in [3.05, 3.63) is 0 Å². The van der Waals surface area contributed by atoms with E-state index in [4.69, 9.17) is 5.26 Å². The van der Waals surface area contributed by atoms with Crippen LogP contribution in [0.15, 0.2) is 0 Å². The van der Waals surface area contributed by atoms with Crippen molar-refractivity contribution in [2.24, 2.45) is 16.7 Å². The van der Waals surface area contributed by atoms with Crippen LogP contribution in [0, 0.1) is 28.1 Å². The summed E-state index contributed by atoms with van der Waals surface area (Å²) in [6.45, 7) is 11.4. The van der Waals surface area contributed by atoms with Crippen molar-refractivity contribution in [1.29, 1.82) is 5.26 Å². The minimum Gasteiger partial charge on any atom is -0.316 e. The molecule has 2 atom stereocenters. The van der Waals surface area contributed by atoms with Crippen LogP contribution in [0.2, 0.25) is 0 Å². The van der Waals surface area contributed by atoms with Crippen LogP contribution in [0.4, 0.5) is 0 Å². The Labute approximate surface area is 94.1 Å². The van der Waals surface area contributed by atoms with Crippen molar-refractivity contribution in [3.8, 4) is 6.07 Å². The van der Waals surface area contributed by atoms with Crippen molar-refractivity contribution in [2.45, 2.75) is 47.0 Å². The number of nitrogens with one attached hydrogen (secondary N) is 1. The molecule has 0 heterocycles. The Morgan fingerprint density at radius 3 is 2.47 bits per heavy atom. The van der Waals surface area contributed by atoms with Crippen LogP contribution in [0.3, 0.4) is 0 Å². The van der Waals surface area contributed by atoms with E-state index in [1.807, 2.05) is 0 Å². The summed E-state index contributed by atoms with van der Waals surface area (Å²) in [5, 5.41) is 12.0. The minimum atomic E-state index is 0.502. The van der Waals surface area contributed by atoms with Gasteiger partial charge in [0.25, 0.3) is 0 Å². The molecule has 0 radical (unpaired) electrons. The van der Waals surface area contributed by atoms with Gasteiger partial charge in [0.2, 0.25) is 0 Å². The lowest BCUT2D eigenvalue weighted by molar-refractivity contribution is 0.371. The van der Waals surface area contributed by atoms with Crippen LogP contribution in [-0.2, 0) is 0 Å². The molecule has 0 aromatic carbocycles. The van der Waals surface area contributed by atoms with Gasteiger partial charge in [-0.1, -0.05) is 27.7 Å². The van der Waals surface area contributed by atoms with Crippen molar-refractivity contribution in [3.63, 3.8) is 0 Å². The van der Waals surface area contributed by atoms with E-state index in [1.165, 1.54) is 6.42 Å². The largest absolute Gasteiger partial charge is 0.316 e. The van der Waals surface area contributed by atoms with Crippen LogP contribution in [0.25, 0.3) is 0 Å². The van der Waals surface area contributed by atoms with Gasteiger partial charge in [-0.15, -0.1) is 0 Å². The molecule has 1 aliphatic rings. The van der Waals surface area contributed by atoms with E-state index in [0.29, 0.717) is 23.2 Å². The lowest BCUT2D eigenvalue weighted by atomic mass is 9.98. The Hall–Kier alpha value is -0.550. The van der Waals surface area contributed by atoms with Crippen LogP contribution in [0.5, 0.6) is 0 Å². The summed E-state index contributed by atoms with van der Waals surface area (Å²) < 4.78 is 0. The van der Waals surface area contributed by atoms with Crippen molar-refractivity contribution in [2.75, 3.05) is 13.1 Å². The molecule has 15 heavy (non-hydrogen) atoms. The Balaban J connectivity index is 2.10. The van der Waals surface area contributed by atoms with Gasteiger partial charge in [-0.05, 0) is 36.1 Å². The van der Waals surface area contributed by atoms with E-state index in [9.17, 15) is 0 Å². The lowest BCUT2D eigenvalue weighted by Gasteiger charge is -2.17. The number of rotatable bonds is 6. The number of hydrogen-bond acceptors (Lipinski definition) is 2. The maximum absolute atomic E-state index is 8.48. The van der Waals surface area contributed by atoms with Gasteiger partial charge >= 0.3 is 0 Å². The zero-order valence-electron chi connectivity index (χ0n) is 10.6. The predicted octanol–water partition coefficient (Wildman–Crippen LogP) is 2.95. The molecule has 0 bridgehead atoms. The first kappa shape index (κ1) is 12.5. The standard InChI is InChI=1S/C13H24N2/c1-11(6-5-7-14)8-15-10-13(4)9-12(13,2)3/h11,15H,5-6,8-10H2,1-4H3. The highest BCUT2D eigenvalue weighted by molar-refractivity contribution is 5.07. The van der Waals surface area contributed by atoms with E-state index in [1.54, 1.807) is 0 Å². The van der Waals surface area contributed by atoms with E-state index in [2.05, 4.69) is 39.1 Å². The summed E-state index contributed by atoms with van der Waals surface area (Å²) >= 11 is 0. The topological polar surface area (TPSA) is 35.8 Å². The summed E-state index contributed by atoms with van der Waals surface area (Å²) in [4.78, 5) is 0. The molecule has 1 N–H and O–H groups in total. The fourth-order valence-corrected chi connectivity index (χ4v) is 2.24.